The van der Waals surface area contributed by atoms with Crippen molar-refractivity contribution in [3.8, 4) is 0 Å². The van der Waals surface area contributed by atoms with E-state index in [4.69, 9.17) is 5.11 Å². The highest BCUT2D eigenvalue weighted by Gasteiger charge is 2.55. The lowest BCUT2D eigenvalue weighted by molar-refractivity contribution is -0.140. The monoisotopic (exact) mass is 306 g/mol. The van der Waals surface area contributed by atoms with Gasteiger partial charge >= 0.3 is 5.97 Å². The molecule has 2 saturated heterocycles. The molecule has 0 spiro atoms. The number of hydrogen-bond acceptors (Lipinski definition) is 3. The van der Waals surface area contributed by atoms with Crippen LogP contribution >= 0.6 is 0 Å². The minimum absolute atomic E-state index is 0.217. The van der Waals surface area contributed by atoms with Crippen LogP contribution < -0.4 is 5.32 Å². The third-order valence-corrected chi connectivity index (χ3v) is 4.74. The highest BCUT2D eigenvalue weighted by molar-refractivity contribution is 5.89. The Kier molecular flexibility index (Phi) is 3.64. The molecule has 0 saturated carbocycles. The van der Waals surface area contributed by atoms with E-state index < -0.39 is 17.5 Å². The molecule has 1 amide bonds. The number of carboxylic acids is 1. The first-order valence-corrected chi connectivity index (χ1v) is 7.43. The van der Waals surface area contributed by atoms with Crippen molar-refractivity contribution in [2.24, 2.45) is 5.92 Å². The van der Waals surface area contributed by atoms with Crippen LogP contribution in [0.5, 0.6) is 0 Å². The predicted octanol–water partition coefficient (Wildman–Crippen LogP) is 1.35. The van der Waals surface area contributed by atoms with E-state index in [1.807, 2.05) is 6.92 Å². The average Bonchev–Trinajstić information content (AvgIpc) is 2.73. The van der Waals surface area contributed by atoms with Crippen molar-refractivity contribution in [2.45, 2.75) is 25.6 Å². The van der Waals surface area contributed by atoms with Gasteiger partial charge in [0, 0.05) is 32.0 Å². The topological polar surface area (TPSA) is 69.6 Å². The standard InChI is InChI=1S/C16H19FN2O3/c1-10-6-11(14(20)21)2-3-12(10)8-19-9-13-7-18-5-4-16(13,17)15(19)22/h2-3,6,13,18H,4-5,7-9H2,1H3,(H,20,21)/t13-,16+/m0/s1. The number of alkyl halides is 1. The van der Waals surface area contributed by atoms with Gasteiger partial charge in [-0.2, -0.15) is 0 Å². The number of aryl methyl sites for hydroxylation is 1. The Balaban J connectivity index is 1.79. The van der Waals surface area contributed by atoms with Crippen LogP contribution in [0.25, 0.3) is 0 Å². The van der Waals surface area contributed by atoms with Gasteiger partial charge in [0.2, 0.25) is 0 Å². The lowest BCUT2D eigenvalue weighted by Crippen LogP contribution is -2.49. The highest BCUT2D eigenvalue weighted by Crippen LogP contribution is 2.38. The Morgan fingerprint density at radius 2 is 2.32 bits per heavy atom. The second-order valence-corrected chi connectivity index (χ2v) is 6.15. The van der Waals surface area contributed by atoms with Gasteiger partial charge in [0.15, 0.2) is 5.67 Å². The van der Waals surface area contributed by atoms with Gasteiger partial charge in [-0.3, -0.25) is 4.79 Å². The number of hydrogen-bond donors (Lipinski definition) is 2. The SMILES string of the molecule is Cc1cc(C(=O)O)ccc1CN1C[C@@H]2CNCC[C@]2(F)C1=O. The van der Waals surface area contributed by atoms with E-state index in [1.165, 1.54) is 6.07 Å². The molecule has 2 N–H and O–H groups in total. The second kappa shape index (κ2) is 5.35. The zero-order chi connectivity index (χ0) is 15.9. The van der Waals surface area contributed by atoms with E-state index in [0.717, 1.165) is 11.1 Å². The molecule has 22 heavy (non-hydrogen) atoms. The van der Waals surface area contributed by atoms with Gasteiger partial charge in [0.1, 0.15) is 0 Å². The van der Waals surface area contributed by atoms with Crippen molar-refractivity contribution < 1.29 is 19.1 Å². The number of carboxylic acid groups (broad SMARTS) is 1. The maximum atomic E-state index is 14.9. The number of carbonyl (C=O) groups is 2. The quantitative estimate of drug-likeness (QED) is 0.884. The van der Waals surface area contributed by atoms with Gasteiger partial charge in [0.25, 0.3) is 5.91 Å². The fourth-order valence-electron chi connectivity index (χ4n) is 3.36. The Hall–Kier alpha value is -1.95. The van der Waals surface area contributed by atoms with Crippen LogP contribution in [0.15, 0.2) is 18.2 Å². The fraction of sp³-hybridized carbons (Fsp3) is 0.500. The van der Waals surface area contributed by atoms with Gasteiger partial charge in [-0.05, 0) is 36.7 Å². The molecular formula is C16H19FN2O3. The molecule has 2 atom stereocenters. The minimum Gasteiger partial charge on any atom is -0.478 e. The molecule has 0 aliphatic carbocycles. The first-order valence-electron chi connectivity index (χ1n) is 7.43. The van der Waals surface area contributed by atoms with Gasteiger partial charge < -0.3 is 15.3 Å². The summed E-state index contributed by atoms with van der Waals surface area (Å²) in [5.74, 6) is -1.71. The minimum atomic E-state index is -1.74. The number of benzene rings is 1. The highest BCUT2D eigenvalue weighted by atomic mass is 19.1. The predicted molar refractivity (Wildman–Crippen MR) is 78.4 cm³/mol. The summed E-state index contributed by atoms with van der Waals surface area (Å²) in [5, 5.41) is 12.1. The van der Waals surface area contributed by atoms with Crippen molar-refractivity contribution in [3.05, 3.63) is 34.9 Å². The Bertz CT molecular complexity index is 634. The molecule has 6 heteroatoms. The number of nitrogens with zero attached hydrogens (tertiary/aromatic N) is 1. The van der Waals surface area contributed by atoms with E-state index in [0.29, 0.717) is 26.2 Å². The number of piperidine rings is 1. The Morgan fingerprint density at radius 1 is 1.55 bits per heavy atom. The van der Waals surface area contributed by atoms with E-state index in [9.17, 15) is 14.0 Å². The van der Waals surface area contributed by atoms with Crippen LogP contribution in [-0.2, 0) is 11.3 Å². The summed E-state index contributed by atoms with van der Waals surface area (Å²) >= 11 is 0. The number of nitrogens with one attached hydrogen (secondary N) is 1. The van der Waals surface area contributed by atoms with Crippen molar-refractivity contribution in [3.63, 3.8) is 0 Å². The van der Waals surface area contributed by atoms with Crippen LogP contribution in [-0.4, -0.2) is 47.2 Å². The third kappa shape index (κ3) is 2.37. The maximum absolute atomic E-state index is 14.9. The molecule has 2 aliphatic rings. The van der Waals surface area contributed by atoms with Crippen LogP contribution in [0.4, 0.5) is 4.39 Å². The molecule has 0 unspecified atom stereocenters. The van der Waals surface area contributed by atoms with Gasteiger partial charge in [-0.15, -0.1) is 0 Å². The average molecular weight is 306 g/mol. The summed E-state index contributed by atoms with van der Waals surface area (Å²) in [7, 11) is 0. The summed E-state index contributed by atoms with van der Waals surface area (Å²) < 4.78 is 14.9. The van der Waals surface area contributed by atoms with Crippen molar-refractivity contribution in [1.29, 1.82) is 0 Å². The molecule has 2 aliphatic heterocycles. The number of amides is 1. The van der Waals surface area contributed by atoms with E-state index in [-0.39, 0.29) is 17.9 Å². The maximum Gasteiger partial charge on any atom is 0.335 e. The van der Waals surface area contributed by atoms with E-state index in [1.54, 1.807) is 17.0 Å². The normalized spacial score (nSPS) is 27.8. The van der Waals surface area contributed by atoms with Crippen LogP contribution in [0.2, 0.25) is 0 Å². The molecule has 118 valence electrons. The van der Waals surface area contributed by atoms with Crippen molar-refractivity contribution in [2.75, 3.05) is 19.6 Å². The first kappa shape index (κ1) is 15.0. The molecule has 0 radical (unpaired) electrons. The fourth-order valence-corrected chi connectivity index (χ4v) is 3.36. The number of aromatic carboxylic acids is 1. The largest absolute Gasteiger partial charge is 0.478 e. The molecule has 2 fully saturated rings. The van der Waals surface area contributed by atoms with Crippen LogP contribution in [0.3, 0.4) is 0 Å². The lowest BCUT2D eigenvalue weighted by Gasteiger charge is -2.29. The summed E-state index contributed by atoms with van der Waals surface area (Å²) in [6.45, 7) is 3.59. The number of carbonyl (C=O) groups excluding carboxylic acids is 1. The summed E-state index contributed by atoms with van der Waals surface area (Å²) in [6, 6.07) is 4.81. The van der Waals surface area contributed by atoms with E-state index in [2.05, 4.69) is 5.32 Å². The zero-order valence-electron chi connectivity index (χ0n) is 12.4. The Labute approximate surface area is 128 Å². The molecule has 0 bridgehead atoms. The zero-order valence-corrected chi connectivity index (χ0v) is 12.4. The number of likely N-dealkylation sites (tertiary alicyclic amines) is 1. The second-order valence-electron chi connectivity index (χ2n) is 6.15. The van der Waals surface area contributed by atoms with Crippen LogP contribution in [0.1, 0.15) is 27.9 Å². The third-order valence-electron chi connectivity index (χ3n) is 4.74. The van der Waals surface area contributed by atoms with Gasteiger partial charge in [-0.1, -0.05) is 6.07 Å². The lowest BCUT2D eigenvalue weighted by atomic mass is 9.86. The first-order chi connectivity index (χ1) is 10.4. The smallest absolute Gasteiger partial charge is 0.335 e. The molecule has 3 rings (SSSR count). The number of fused-ring (bicyclic) bond motifs is 1. The molecule has 2 heterocycles. The molecule has 5 nitrogen and oxygen atoms in total. The van der Waals surface area contributed by atoms with Crippen molar-refractivity contribution in [1.82, 2.24) is 10.2 Å². The summed E-state index contributed by atoms with van der Waals surface area (Å²) in [5.41, 5.74) is 0.135. The van der Waals surface area contributed by atoms with E-state index >= 15 is 0 Å². The molecular weight excluding hydrogens is 287 g/mol. The number of halogens is 1. The Morgan fingerprint density at radius 3 is 2.95 bits per heavy atom. The molecule has 0 aromatic heterocycles. The molecule has 1 aromatic rings. The molecule has 1 aromatic carbocycles. The van der Waals surface area contributed by atoms with Crippen LogP contribution in [0, 0.1) is 12.8 Å². The summed E-state index contributed by atoms with van der Waals surface area (Å²) in [6.07, 6.45) is 0.226. The van der Waals surface area contributed by atoms with Gasteiger partial charge in [0.05, 0.1) is 5.56 Å². The summed E-state index contributed by atoms with van der Waals surface area (Å²) in [4.78, 5) is 24.9. The van der Waals surface area contributed by atoms with Crippen molar-refractivity contribution >= 4 is 11.9 Å². The number of rotatable bonds is 3. The van der Waals surface area contributed by atoms with Gasteiger partial charge in [-0.25, -0.2) is 9.18 Å².